The molecule has 0 bridgehead atoms. The predicted molar refractivity (Wildman–Crippen MR) is 120 cm³/mol. The number of unbranched alkanes of at least 4 members (excludes halogenated alkanes) is 5. The van der Waals surface area contributed by atoms with Crippen molar-refractivity contribution in [1.29, 1.82) is 0 Å². The summed E-state index contributed by atoms with van der Waals surface area (Å²) in [4.78, 5) is 24.4. The van der Waals surface area contributed by atoms with Crippen molar-refractivity contribution >= 4 is 23.2 Å². The highest BCUT2D eigenvalue weighted by Crippen LogP contribution is 2.25. The Morgan fingerprint density at radius 3 is 2.52 bits per heavy atom. The maximum absolute atomic E-state index is 12.4. The molecule has 5 heteroatoms. The van der Waals surface area contributed by atoms with Gasteiger partial charge in [0, 0.05) is 18.0 Å². The van der Waals surface area contributed by atoms with E-state index in [0.29, 0.717) is 6.42 Å². The Bertz CT molecular complexity index is 678. The van der Waals surface area contributed by atoms with E-state index in [0.717, 1.165) is 55.5 Å². The van der Waals surface area contributed by atoms with Crippen LogP contribution >= 0.6 is 0 Å². The van der Waals surface area contributed by atoms with Crippen LogP contribution in [0.1, 0.15) is 96.5 Å². The van der Waals surface area contributed by atoms with E-state index in [1.807, 2.05) is 31.2 Å². The van der Waals surface area contributed by atoms with Crippen molar-refractivity contribution in [2.75, 3.05) is 5.32 Å². The molecule has 2 amide bonds. The van der Waals surface area contributed by atoms with Gasteiger partial charge in [-0.25, -0.2) is 5.43 Å². The first-order valence-electron chi connectivity index (χ1n) is 11.3. The lowest BCUT2D eigenvalue weighted by Gasteiger charge is -2.20. The van der Waals surface area contributed by atoms with Crippen molar-refractivity contribution in [3.05, 3.63) is 29.8 Å². The molecule has 2 N–H and O–H groups in total. The molecule has 0 radical (unpaired) electrons. The smallest absolute Gasteiger partial charge is 0.240 e. The number of hydrogen-bond acceptors (Lipinski definition) is 3. The predicted octanol–water partition coefficient (Wildman–Crippen LogP) is 5.80. The number of anilines is 1. The lowest BCUT2D eigenvalue weighted by Crippen LogP contribution is -2.24. The number of hydrazone groups is 1. The lowest BCUT2D eigenvalue weighted by atomic mass is 9.88. The second kappa shape index (κ2) is 13.1. The molecule has 0 spiro atoms. The molecular weight excluding hydrogens is 362 g/mol. The number of amides is 2. The molecule has 5 nitrogen and oxygen atoms in total. The minimum Gasteiger partial charge on any atom is -0.326 e. The Balaban J connectivity index is 1.79. The second-order valence-electron chi connectivity index (χ2n) is 8.15. The Kier molecular flexibility index (Phi) is 10.5. The molecule has 1 saturated carbocycles. The molecule has 2 rings (SSSR count). The SMILES string of the molecule is CCCCCCCCC(=O)NN=C(C)c1cccc(NC(=O)C2CCCCC2)c1. The van der Waals surface area contributed by atoms with E-state index < -0.39 is 0 Å². The van der Waals surface area contributed by atoms with Crippen LogP contribution < -0.4 is 10.7 Å². The largest absolute Gasteiger partial charge is 0.326 e. The Hall–Kier alpha value is -2.17. The minimum atomic E-state index is -0.0402. The first-order valence-corrected chi connectivity index (χ1v) is 11.3. The zero-order chi connectivity index (χ0) is 20.9. The topological polar surface area (TPSA) is 70.6 Å². The quantitative estimate of drug-likeness (QED) is 0.281. The Morgan fingerprint density at radius 1 is 1.03 bits per heavy atom. The molecular formula is C24H37N3O2. The molecule has 0 heterocycles. The van der Waals surface area contributed by atoms with E-state index in [9.17, 15) is 9.59 Å². The molecule has 1 aliphatic rings. The summed E-state index contributed by atoms with van der Waals surface area (Å²) in [5.74, 6) is 0.203. The molecule has 1 aromatic carbocycles. The summed E-state index contributed by atoms with van der Waals surface area (Å²) in [6.07, 6.45) is 13.0. The number of hydrogen-bond donors (Lipinski definition) is 2. The van der Waals surface area contributed by atoms with Gasteiger partial charge in [0.05, 0.1) is 5.71 Å². The first kappa shape index (κ1) is 23.1. The van der Waals surface area contributed by atoms with Gasteiger partial charge < -0.3 is 5.32 Å². The van der Waals surface area contributed by atoms with Gasteiger partial charge in [-0.3, -0.25) is 9.59 Å². The van der Waals surface area contributed by atoms with Crippen molar-refractivity contribution in [3.8, 4) is 0 Å². The number of nitrogens with one attached hydrogen (secondary N) is 2. The third-order valence-corrected chi connectivity index (χ3v) is 5.63. The normalized spacial score (nSPS) is 15.2. The van der Waals surface area contributed by atoms with Crippen LogP contribution in [0.4, 0.5) is 5.69 Å². The van der Waals surface area contributed by atoms with Crippen LogP contribution in [0.3, 0.4) is 0 Å². The van der Waals surface area contributed by atoms with Crippen LogP contribution in [0.2, 0.25) is 0 Å². The number of carbonyl (C=O) groups is 2. The van der Waals surface area contributed by atoms with Crippen molar-refractivity contribution in [2.24, 2.45) is 11.0 Å². The van der Waals surface area contributed by atoms with Crippen LogP contribution in [0.25, 0.3) is 0 Å². The average molecular weight is 400 g/mol. The molecule has 0 aliphatic heterocycles. The summed E-state index contributed by atoms with van der Waals surface area (Å²) in [6, 6.07) is 7.66. The van der Waals surface area contributed by atoms with E-state index in [1.165, 1.54) is 32.1 Å². The van der Waals surface area contributed by atoms with Crippen LogP contribution in [0.5, 0.6) is 0 Å². The lowest BCUT2D eigenvalue weighted by molar-refractivity contribution is -0.121. The van der Waals surface area contributed by atoms with Crippen LogP contribution in [-0.4, -0.2) is 17.5 Å². The molecule has 0 unspecified atom stereocenters. The zero-order valence-corrected chi connectivity index (χ0v) is 18.1. The van der Waals surface area contributed by atoms with Crippen molar-refractivity contribution < 1.29 is 9.59 Å². The van der Waals surface area contributed by atoms with Crippen LogP contribution in [0.15, 0.2) is 29.4 Å². The monoisotopic (exact) mass is 399 g/mol. The Labute approximate surface area is 175 Å². The first-order chi connectivity index (χ1) is 14.1. The summed E-state index contributed by atoms with van der Waals surface area (Å²) in [6.45, 7) is 4.07. The van der Waals surface area contributed by atoms with E-state index in [1.54, 1.807) is 0 Å². The van der Waals surface area contributed by atoms with E-state index >= 15 is 0 Å². The third kappa shape index (κ3) is 8.80. The maximum Gasteiger partial charge on any atom is 0.240 e. The Morgan fingerprint density at radius 2 is 1.76 bits per heavy atom. The van der Waals surface area contributed by atoms with Crippen molar-refractivity contribution in [1.82, 2.24) is 5.43 Å². The molecule has 1 aromatic rings. The molecule has 160 valence electrons. The standard InChI is InChI=1S/C24H37N3O2/c1-3-4-5-6-7-11-17-23(28)27-26-19(2)21-15-12-16-22(18-21)25-24(29)20-13-9-8-10-14-20/h12,15-16,18,20H,3-11,13-14,17H2,1-2H3,(H,25,29)(H,27,28). The van der Waals surface area contributed by atoms with Gasteiger partial charge in [0.15, 0.2) is 0 Å². The fourth-order valence-electron chi connectivity index (χ4n) is 3.76. The van der Waals surface area contributed by atoms with Gasteiger partial charge in [-0.15, -0.1) is 0 Å². The highest BCUT2D eigenvalue weighted by Gasteiger charge is 2.21. The summed E-state index contributed by atoms with van der Waals surface area (Å²) in [5, 5.41) is 7.28. The molecule has 1 fully saturated rings. The fraction of sp³-hybridized carbons (Fsp3) is 0.625. The van der Waals surface area contributed by atoms with Gasteiger partial charge in [-0.1, -0.05) is 70.4 Å². The number of benzene rings is 1. The third-order valence-electron chi connectivity index (χ3n) is 5.63. The molecule has 0 atom stereocenters. The summed E-state index contributed by atoms with van der Waals surface area (Å²) < 4.78 is 0. The molecule has 1 aliphatic carbocycles. The summed E-state index contributed by atoms with van der Waals surface area (Å²) in [7, 11) is 0. The van der Waals surface area contributed by atoms with Gasteiger partial charge in [0.1, 0.15) is 0 Å². The molecule has 29 heavy (non-hydrogen) atoms. The zero-order valence-electron chi connectivity index (χ0n) is 18.1. The summed E-state index contributed by atoms with van der Waals surface area (Å²) >= 11 is 0. The highest BCUT2D eigenvalue weighted by atomic mass is 16.2. The van der Waals surface area contributed by atoms with Crippen molar-refractivity contribution in [3.63, 3.8) is 0 Å². The average Bonchev–Trinajstić information content (AvgIpc) is 2.75. The minimum absolute atomic E-state index is 0.0402. The number of rotatable bonds is 11. The summed E-state index contributed by atoms with van der Waals surface area (Å²) in [5.41, 5.74) is 5.07. The van der Waals surface area contributed by atoms with Gasteiger partial charge >= 0.3 is 0 Å². The van der Waals surface area contributed by atoms with Crippen LogP contribution in [-0.2, 0) is 9.59 Å². The number of carbonyl (C=O) groups excluding carboxylic acids is 2. The van der Waals surface area contributed by atoms with E-state index in [4.69, 9.17) is 0 Å². The van der Waals surface area contributed by atoms with Gasteiger partial charge in [0.25, 0.3) is 0 Å². The van der Waals surface area contributed by atoms with Gasteiger partial charge in [-0.2, -0.15) is 5.10 Å². The van der Waals surface area contributed by atoms with Gasteiger partial charge in [0.2, 0.25) is 11.8 Å². The second-order valence-corrected chi connectivity index (χ2v) is 8.15. The molecule has 0 aromatic heterocycles. The maximum atomic E-state index is 12.4. The van der Waals surface area contributed by atoms with Crippen molar-refractivity contribution in [2.45, 2.75) is 90.9 Å². The molecule has 0 saturated heterocycles. The van der Waals surface area contributed by atoms with Crippen LogP contribution in [0, 0.1) is 5.92 Å². The van der Waals surface area contributed by atoms with E-state index in [2.05, 4.69) is 22.8 Å². The van der Waals surface area contributed by atoms with Gasteiger partial charge in [-0.05, 0) is 43.9 Å². The fourth-order valence-corrected chi connectivity index (χ4v) is 3.76. The van der Waals surface area contributed by atoms with E-state index in [-0.39, 0.29) is 17.7 Å². The highest BCUT2D eigenvalue weighted by molar-refractivity contribution is 6.01. The number of nitrogens with zero attached hydrogens (tertiary/aromatic N) is 1.